The monoisotopic (exact) mass is 233 g/mol. The lowest BCUT2D eigenvalue weighted by Crippen LogP contribution is -2.31. The van der Waals surface area contributed by atoms with E-state index < -0.39 is 11.0 Å². The minimum Gasteiger partial charge on any atom is -0.459 e. The molecule has 0 radical (unpaired) electrons. The number of rotatable bonds is 2. The fraction of sp³-hybridized carbons (Fsp3) is 0.500. The summed E-state index contributed by atoms with van der Waals surface area (Å²) in [4.78, 5) is 12.2. The quantitative estimate of drug-likeness (QED) is 0.631. The van der Waals surface area contributed by atoms with Crippen molar-refractivity contribution >= 4 is 11.7 Å². The molecule has 0 bridgehead atoms. The Hall–Kier alpha value is -1.51. The molecule has 0 saturated heterocycles. The van der Waals surface area contributed by atoms with Crippen molar-refractivity contribution in [3.8, 4) is 0 Å². The van der Waals surface area contributed by atoms with Gasteiger partial charge in [0.1, 0.15) is 5.60 Å². The van der Waals surface area contributed by atoms with Gasteiger partial charge in [-0.25, -0.2) is 0 Å². The number of benzene rings is 1. The van der Waals surface area contributed by atoms with E-state index >= 15 is 0 Å². The Kier molecular flexibility index (Phi) is 2.64. The summed E-state index contributed by atoms with van der Waals surface area (Å²) < 4.78 is 5.48. The molecule has 2 N–H and O–H groups in total. The van der Waals surface area contributed by atoms with Crippen LogP contribution in [0, 0.1) is 0 Å². The summed E-state index contributed by atoms with van der Waals surface area (Å²) in [5.74, 6) is -0.116. The maximum absolute atomic E-state index is 12.2. The van der Waals surface area contributed by atoms with Crippen LogP contribution in [0.25, 0.3) is 0 Å². The number of nitrogen functional groups attached to an aromatic ring is 1. The van der Waals surface area contributed by atoms with Gasteiger partial charge in [0.05, 0.1) is 5.41 Å². The van der Waals surface area contributed by atoms with Crippen LogP contribution in [0.15, 0.2) is 24.3 Å². The van der Waals surface area contributed by atoms with E-state index in [0.717, 1.165) is 18.4 Å². The molecule has 1 fully saturated rings. The fourth-order valence-electron chi connectivity index (χ4n) is 1.91. The predicted molar refractivity (Wildman–Crippen MR) is 67.6 cm³/mol. The first-order valence-corrected chi connectivity index (χ1v) is 5.93. The second kappa shape index (κ2) is 3.76. The molecule has 3 heteroatoms. The molecule has 0 aromatic heterocycles. The van der Waals surface area contributed by atoms with E-state index in [9.17, 15) is 4.79 Å². The number of ether oxygens (including phenoxy) is 1. The Labute approximate surface area is 102 Å². The molecule has 1 aromatic carbocycles. The van der Waals surface area contributed by atoms with E-state index in [2.05, 4.69) is 0 Å². The van der Waals surface area contributed by atoms with Gasteiger partial charge in [0.25, 0.3) is 0 Å². The maximum Gasteiger partial charge on any atom is 0.317 e. The Morgan fingerprint density at radius 3 is 2.18 bits per heavy atom. The van der Waals surface area contributed by atoms with Gasteiger partial charge in [-0.2, -0.15) is 0 Å². The third-order valence-corrected chi connectivity index (χ3v) is 3.00. The SMILES string of the molecule is CC(C)(C)OC(=O)C1(c2ccc(N)cc2)CC1. The molecule has 1 aliphatic rings. The molecule has 17 heavy (non-hydrogen) atoms. The highest BCUT2D eigenvalue weighted by molar-refractivity contribution is 5.87. The van der Waals surface area contributed by atoms with E-state index in [1.54, 1.807) is 0 Å². The lowest BCUT2D eigenvalue weighted by molar-refractivity contribution is -0.158. The summed E-state index contributed by atoms with van der Waals surface area (Å²) in [5, 5.41) is 0. The first-order chi connectivity index (χ1) is 7.83. The van der Waals surface area contributed by atoms with Crippen molar-refractivity contribution in [1.82, 2.24) is 0 Å². The van der Waals surface area contributed by atoms with Gasteiger partial charge in [0.2, 0.25) is 0 Å². The highest BCUT2D eigenvalue weighted by Gasteiger charge is 2.53. The Balaban J connectivity index is 2.20. The van der Waals surface area contributed by atoms with Crippen molar-refractivity contribution in [2.75, 3.05) is 5.73 Å². The van der Waals surface area contributed by atoms with E-state index in [4.69, 9.17) is 10.5 Å². The van der Waals surface area contributed by atoms with E-state index in [0.29, 0.717) is 5.69 Å². The third kappa shape index (κ3) is 2.43. The smallest absolute Gasteiger partial charge is 0.317 e. The highest BCUT2D eigenvalue weighted by atomic mass is 16.6. The van der Waals surface area contributed by atoms with Crippen LogP contribution in [0.4, 0.5) is 5.69 Å². The summed E-state index contributed by atoms with van der Waals surface area (Å²) in [7, 11) is 0. The lowest BCUT2D eigenvalue weighted by atomic mass is 9.95. The number of esters is 1. The molecule has 1 aromatic rings. The largest absolute Gasteiger partial charge is 0.459 e. The van der Waals surface area contributed by atoms with Gasteiger partial charge in [-0.05, 0) is 51.3 Å². The topological polar surface area (TPSA) is 52.3 Å². The van der Waals surface area contributed by atoms with Crippen molar-refractivity contribution in [3.05, 3.63) is 29.8 Å². The fourth-order valence-corrected chi connectivity index (χ4v) is 1.91. The van der Waals surface area contributed by atoms with Crippen LogP contribution in [0.1, 0.15) is 39.2 Å². The molecular formula is C14H19NO2. The summed E-state index contributed by atoms with van der Waals surface area (Å²) in [6.07, 6.45) is 1.73. The van der Waals surface area contributed by atoms with Crippen molar-refractivity contribution in [2.24, 2.45) is 0 Å². The van der Waals surface area contributed by atoms with Gasteiger partial charge in [0, 0.05) is 5.69 Å². The first kappa shape index (κ1) is 12.0. The molecule has 1 aliphatic carbocycles. The minimum atomic E-state index is -0.430. The molecule has 2 rings (SSSR count). The van der Waals surface area contributed by atoms with Crippen LogP contribution in [0.5, 0.6) is 0 Å². The summed E-state index contributed by atoms with van der Waals surface area (Å²) >= 11 is 0. The Morgan fingerprint density at radius 1 is 1.24 bits per heavy atom. The standard InChI is InChI=1S/C14H19NO2/c1-13(2,3)17-12(16)14(8-9-14)10-4-6-11(15)7-5-10/h4-7H,8-9,15H2,1-3H3. The zero-order valence-corrected chi connectivity index (χ0v) is 10.6. The van der Waals surface area contributed by atoms with Crippen molar-refractivity contribution < 1.29 is 9.53 Å². The van der Waals surface area contributed by atoms with Crippen LogP contribution in [-0.2, 0) is 14.9 Å². The summed E-state index contributed by atoms with van der Waals surface area (Å²) in [6, 6.07) is 7.51. The van der Waals surface area contributed by atoms with Crippen LogP contribution in [-0.4, -0.2) is 11.6 Å². The molecule has 0 unspecified atom stereocenters. The molecule has 0 amide bonds. The van der Waals surface area contributed by atoms with Crippen LogP contribution in [0.2, 0.25) is 0 Å². The van der Waals surface area contributed by atoms with Crippen LogP contribution >= 0.6 is 0 Å². The lowest BCUT2D eigenvalue weighted by Gasteiger charge is -2.24. The predicted octanol–water partition coefficient (Wildman–Crippen LogP) is 2.64. The zero-order valence-electron chi connectivity index (χ0n) is 10.6. The third-order valence-electron chi connectivity index (χ3n) is 3.00. The second-order valence-electron chi connectivity index (χ2n) is 5.71. The Bertz CT molecular complexity index is 425. The maximum atomic E-state index is 12.2. The van der Waals surface area contributed by atoms with Gasteiger partial charge in [-0.1, -0.05) is 12.1 Å². The van der Waals surface area contributed by atoms with Crippen LogP contribution in [0.3, 0.4) is 0 Å². The minimum absolute atomic E-state index is 0.116. The molecular weight excluding hydrogens is 214 g/mol. The average molecular weight is 233 g/mol. The van der Waals surface area contributed by atoms with E-state index in [1.807, 2.05) is 45.0 Å². The summed E-state index contributed by atoms with van der Waals surface area (Å²) in [6.45, 7) is 5.68. The van der Waals surface area contributed by atoms with E-state index in [1.165, 1.54) is 0 Å². The van der Waals surface area contributed by atoms with E-state index in [-0.39, 0.29) is 5.97 Å². The zero-order chi connectivity index (χ0) is 12.7. The number of hydrogen-bond acceptors (Lipinski definition) is 3. The number of nitrogens with two attached hydrogens (primary N) is 1. The van der Waals surface area contributed by atoms with Gasteiger partial charge < -0.3 is 10.5 Å². The molecule has 92 valence electrons. The van der Waals surface area contributed by atoms with Crippen molar-refractivity contribution in [3.63, 3.8) is 0 Å². The molecule has 0 atom stereocenters. The second-order valence-corrected chi connectivity index (χ2v) is 5.71. The first-order valence-electron chi connectivity index (χ1n) is 5.93. The van der Waals surface area contributed by atoms with Crippen molar-refractivity contribution in [1.29, 1.82) is 0 Å². The number of anilines is 1. The normalized spacial score (nSPS) is 17.6. The van der Waals surface area contributed by atoms with Gasteiger partial charge in [-0.3, -0.25) is 4.79 Å². The number of carbonyl (C=O) groups is 1. The highest BCUT2D eigenvalue weighted by Crippen LogP contribution is 2.49. The molecule has 3 nitrogen and oxygen atoms in total. The van der Waals surface area contributed by atoms with Crippen LogP contribution < -0.4 is 5.73 Å². The molecule has 1 saturated carbocycles. The van der Waals surface area contributed by atoms with Crippen molar-refractivity contribution in [2.45, 2.75) is 44.6 Å². The molecule has 0 heterocycles. The van der Waals surface area contributed by atoms with Gasteiger partial charge >= 0.3 is 5.97 Å². The van der Waals surface area contributed by atoms with Gasteiger partial charge in [0.15, 0.2) is 0 Å². The summed E-state index contributed by atoms with van der Waals surface area (Å²) in [5.41, 5.74) is 6.54. The average Bonchev–Trinajstić information content (AvgIpc) is 2.97. The number of carbonyl (C=O) groups excluding carboxylic acids is 1. The Morgan fingerprint density at radius 2 is 1.76 bits per heavy atom. The molecule has 0 aliphatic heterocycles. The van der Waals surface area contributed by atoms with Gasteiger partial charge in [-0.15, -0.1) is 0 Å². The number of hydrogen-bond donors (Lipinski definition) is 1. The molecule has 0 spiro atoms.